The second-order valence-corrected chi connectivity index (χ2v) is 6.12. The number of fused-ring (bicyclic) bond motifs is 1. The Morgan fingerprint density at radius 2 is 2.00 bits per heavy atom. The molecule has 3 heterocycles. The fourth-order valence-electron chi connectivity index (χ4n) is 3.49. The van der Waals surface area contributed by atoms with Gasteiger partial charge in [0.25, 0.3) is 5.91 Å². The highest BCUT2D eigenvalue weighted by Gasteiger charge is 2.42. The van der Waals surface area contributed by atoms with Crippen LogP contribution in [0, 0.1) is 0 Å². The maximum absolute atomic E-state index is 12.5. The lowest BCUT2D eigenvalue weighted by Crippen LogP contribution is -2.50. The molecule has 1 amide bonds. The molecule has 23 heavy (non-hydrogen) atoms. The third-order valence-corrected chi connectivity index (χ3v) is 4.66. The van der Waals surface area contributed by atoms with Gasteiger partial charge in [-0.2, -0.15) is 0 Å². The van der Waals surface area contributed by atoms with Crippen LogP contribution < -0.4 is 0 Å². The summed E-state index contributed by atoms with van der Waals surface area (Å²) >= 11 is 0. The van der Waals surface area contributed by atoms with Crippen molar-refractivity contribution >= 4 is 5.91 Å². The fourth-order valence-corrected chi connectivity index (χ4v) is 3.49. The third kappa shape index (κ3) is 2.90. The van der Waals surface area contributed by atoms with Crippen LogP contribution in [0.5, 0.6) is 0 Å². The van der Waals surface area contributed by atoms with E-state index in [4.69, 9.17) is 9.15 Å². The summed E-state index contributed by atoms with van der Waals surface area (Å²) in [6, 6.07) is 14.2. The molecule has 0 spiro atoms. The molecule has 2 atom stereocenters. The second kappa shape index (κ2) is 6.18. The van der Waals surface area contributed by atoms with E-state index in [0.29, 0.717) is 18.8 Å². The van der Waals surface area contributed by atoms with E-state index in [1.807, 2.05) is 11.0 Å². The molecule has 0 bridgehead atoms. The molecule has 2 fully saturated rings. The maximum Gasteiger partial charge on any atom is 0.289 e. The van der Waals surface area contributed by atoms with Gasteiger partial charge in [-0.05, 0) is 17.7 Å². The van der Waals surface area contributed by atoms with E-state index in [2.05, 4.69) is 29.2 Å². The number of likely N-dealkylation sites (tertiary alicyclic amines) is 1. The molecular weight excluding hydrogens is 292 g/mol. The Hall–Kier alpha value is -2.11. The van der Waals surface area contributed by atoms with Crippen molar-refractivity contribution in [2.75, 3.05) is 26.2 Å². The summed E-state index contributed by atoms with van der Waals surface area (Å²) in [7, 11) is 0. The monoisotopic (exact) mass is 312 g/mol. The maximum atomic E-state index is 12.5. The average Bonchev–Trinajstić information content (AvgIpc) is 3.25. The fraction of sp³-hybridized carbons (Fsp3) is 0.389. The lowest BCUT2D eigenvalue weighted by molar-refractivity contribution is -0.0503. The second-order valence-electron chi connectivity index (χ2n) is 6.12. The molecule has 1 aromatic heterocycles. The predicted molar refractivity (Wildman–Crippen MR) is 85.0 cm³/mol. The first kappa shape index (κ1) is 14.5. The topological polar surface area (TPSA) is 45.9 Å². The van der Waals surface area contributed by atoms with E-state index in [9.17, 15) is 4.79 Å². The molecule has 5 heteroatoms. The van der Waals surface area contributed by atoms with Crippen LogP contribution in [-0.2, 0) is 11.3 Å². The van der Waals surface area contributed by atoms with Gasteiger partial charge < -0.3 is 14.1 Å². The number of ether oxygens (including phenoxy) is 1. The van der Waals surface area contributed by atoms with Crippen LogP contribution in [0.4, 0.5) is 0 Å². The van der Waals surface area contributed by atoms with Crippen molar-refractivity contribution in [3.63, 3.8) is 0 Å². The molecule has 5 nitrogen and oxygen atoms in total. The molecule has 0 saturated carbocycles. The van der Waals surface area contributed by atoms with E-state index < -0.39 is 0 Å². The predicted octanol–water partition coefficient (Wildman–Crippen LogP) is 2.00. The largest absolute Gasteiger partial charge is 0.459 e. The molecule has 4 rings (SSSR count). The third-order valence-electron chi connectivity index (χ3n) is 4.66. The average molecular weight is 312 g/mol. The lowest BCUT2D eigenvalue weighted by atomic mass is 10.1. The van der Waals surface area contributed by atoms with E-state index >= 15 is 0 Å². The van der Waals surface area contributed by atoms with E-state index in [1.54, 1.807) is 12.1 Å². The Balaban J connectivity index is 1.47. The van der Waals surface area contributed by atoms with Gasteiger partial charge in [-0.1, -0.05) is 30.3 Å². The van der Waals surface area contributed by atoms with Crippen LogP contribution in [0.25, 0.3) is 0 Å². The molecule has 0 radical (unpaired) electrons. The van der Waals surface area contributed by atoms with Crippen molar-refractivity contribution < 1.29 is 13.9 Å². The van der Waals surface area contributed by atoms with Crippen LogP contribution >= 0.6 is 0 Å². The summed E-state index contributed by atoms with van der Waals surface area (Å²) in [5, 5.41) is 0. The summed E-state index contributed by atoms with van der Waals surface area (Å²) in [6.07, 6.45) is 1.63. The zero-order valence-electron chi connectivity index (χ0n) is 12.9. The first-order valence-corrected chi connectivity index (χ1v) is 8.03. The van der Waals surface area contributed by atoms with Crippen LogP contribution in [0.1, 0.15) is 16.1 Å². The number of furan rings is 1. The number of carbonyl (C=O) groups is 1. The summed E-state index contributed by atoms with van der Waals surface area (Å²) in [5.41, 5.74) is 1.30. The van der Waals surface area contributed by atoms with Crippen LogP contribution in [0.3, 0.4) is 0 Å². The van der Waals surface area contributed by atoms with Gasteiger partial charge in [0.2, 0.25) is 0 Å². The van der Waals surface area contributed by atoms with E-state index in [1.165, 1.54) is 11.8 Å². The van der Waals surface area contributed by atoms with Crippen molar-refractivity contribution in [1.82, 2.24) is 9.80 Å². The number of carbonyl (C=O) groups excluding carboxylic acids is 1. The molecule has 2 aliphatic rings. The number of hydrogen-bond acceptors (Lipinski definition) is 4. The Labute approximate surface area is 135 Å². The van der Waals surface area contributed by atoms with Gasteiger partial charge in [-0.3, -0.25) is 9.69 Å². The highest BCUT2D eigenvalue weighted by atomic mass is 16.5. The minimum atomic E-state index is -0.0485. The van der Waals surface area contributed by atoms with Gasteiger partial charge in [-0.25, -0.2) is 0 Å². The number of amides is 1. The van der Waals surface area contributed by atoms with Crippen molar-refractivity contribution in [3.8, 4) is 0 Å². The van der Waals surface area contributed by atoms with Crippen molar-refractivity contribution in [2.24, 2.45) is 0 Å². The van der Waals surface area contributed by atoms with Crippen molar-refractivity contribution in [1.29, 1.82) is 0 Å². The Morgan fingerprint density at radius 3 is 2.78 bits per heavy atom. The van der Waals surface area contributed by atoms with Crippen LogP contribution in [0.15, 0.2) is 53.1 Å². The molecule has 0 unspecified atom stereocenters. The molecule has 1 aromatic carbocycles. The first-order valence-electron chi connectivity index (χ1n) is 8.03. The van der Waals surface area contributed by atoms with Crippen molar-refractivity contribution in [2.45, 2.75) is 18.7 Å². The summed E-state index contributed by atoms with van der Waals surface area (Å²) in [4.78, 5) is 16.7. The van der Waals surface area contributed by atoms with Gasteiger partial charge in [0.15, 0.2) is 5.76 Å². The standard InChI is InChI=1S/C18H20N2O3/c21-18(16-7-4-9-22-16)20-12-15-17(13-20)23-10-8-19(15)11-14-5-2-1-3-6-14/h1-7,9,15,17H,8,10-13H2/t15-,17-/m0/s1. The van der Waals surface area contributed by atoms with Crippen LogP contribution in [0.2, 0.25) is 0 Å². The zero-order chi connectivity index (χ0) is 15.6. The minimum absolute atomic E-state index is 0.0485. The first-order chi connectivity index (χ1) is 11.3. The number of rotatable bonds is 3. The van der Waals surface area contributed by atoms with E-state index in [-0.39, 0.29) is 18.1 Å². The van der Waals surface area contributed by atoms with Gasteiger partial charge in [0, 0.05) is 26.2 Å². The summed E-state index contributed by atoms with van der Waals surface area (Å²) in [6.45, 7) is 3.84. The van der Waals surface area contributed by atoms with Gasteiger partial charge in [0.1, 0.15) is 0 Å². The Bertz CT molecular complexity index is 656. The minimum Gasteiger partial charge on any atom is -0.459 e. The zero-order valence-corrected chi connectivity index (χ0v) is 12.9. The number of nitrogens with zero attached hydrogens (tertiary/aromatic N) is 2. The van der Waals surface area contributed by atoms with Gasteiger partial charge in [-0.15, -0.1) is 0 Å². The molecule has 120 valence electrons. The number of hydrogen-bond donors (Lipinski definition) is 0. The molecule has 2 aliphatic heterocycles. The lowest BCUT2D eigenvalue weighted by Gasteiger charge is -2.36. The number of benzene rings is 1. The van der Waals surface area contributed by atoms with Gasteiger partial charge >= 0.3 is 0 Å². The summed E-state index contributed by atoms with van der Waals surface area (Å²) in [5.74, 6) is 0.353. The Morgan fingerprint density at radius 1 is 1.13 bits per heavy atom. The quantitative estimate of drug-likeness (QED) is 0.870. The smallest absolute Gasteiger partial charge is 0.289 e. The molecule has 0 N–H and O–H groups in total. The SMILES string of the molecule is O=C(c1ccco1)N1C[C@@H]2OCCN(Cc3ccccc3)[C@H]2C1. The molecule has 2 aromatic rings. The Kier molecular flexibility index (Phi) is 3.89. The number of morpholine rings is 1. The highest BCUT2D eigenvalue weighted by Crippen LogP contribution is 2.25. The van der Waals surface area contributed by atoms with E-state index in [0.717, 1.165) is 19.7 Å². The van der Waals surface area contributed by atoms with Crippen molar-refractivity contribution in [3.05, 3.63) is 60.1 Å². The molecular formula is C18H20N2O3. The normalized spacial score (nSPS) is 24.6. The molecule has 0 aliphatic carbocycles. The summed E-state index contributed by atoms with van der Waals surface area (Å²) < 4.78 is 11.1. The van der Waals surface area contributed by atoms with Gasteiger partial charge in [0.05, 0.1) is 25.0 Å². The molecule has 2 saturated heterocycles. The van der Waals surface area contributed by atoms with Crippen LogP contribution in [-0.4, -0.2) is 54.1 Å². The highest BCUT2D eigenvalue weighted by molar-refractivity contribution is 5.91.